The Morgan fingerprint density at radius 2 is 1.68 bits per heavy atom. The lowest BCUT2D eigenvalue weighted by Crippen LogP contribution is -2.40. The average molecular weight is 443 g/mol. The van der Waals surface area contributed by atoms with Crippen molar-refractivity contribution in [1.82, 2.24) is 4.90 Å². The molecule has 0 unspecified atom stereocenters. The van der Waals surface area contributed by atoms with E-state index in [-0.39, 0.29) is 54.4 Å². The van der Waals surface area contributed by atoms with Crippen LogP contribution in [-0.2, 0) is 14.4 Å². The number of allylic oxidation sites excluding steroid dienone is 2. The number of anilines is 1. The van der Waals surface area contributed by atoms with Crippen molar-refractivity contribution >= 4 is 39.3 Å². The lowest BCUT2D eigenvalue weighted by atomic mass is 9.63. The molecule has 1 saturated heterocycles. The second kappa shape index (κ2) is 6.28. The normalized spacial score (nSPS) is 34.5. The second-order valence-electron chi connectivity index (χ2n) is 8.63. The Balaban J connectivity index is 1.25. The Hall–Kier alpha value is -1.95. The maximum atomic E-state index is 12.9. The van der Waals surface area contributed by atoms with Crippen molar-refractivity contribution in [3.8, 4) is 0 Å². The summed E-state index contributed by atoms with van der Waals surface area (Å²) in [5.74, 6) is 0.957. The van der Waals surface area contributed by atoms with Crippen LogP contribution in [0.5, 0.6) is 0 Å². The fraction of sp³-hybridized carbons (Fsp3) is 0.500. The molecule has 1 N–H and O–H groups in total. The van der Waals surface area contributed by atoms with Crippen LogP contribution in [0.25, 0.3) is 0 Å². The summed E-state index contributed by atoms with van der Waals surface area (Å²) in [4.78, 5) is 39.7. The summed E-state index contributed by atoms with van der Waals surface area (Å²) in [7, 11) is 0. The molecule has 6 heteroatoms. The van der Waals surface area contributed by atoms with Gasteiger partial charge in [0.15, 0.2) is 0 Å². The molecule has 1 aliphatic heterocycles. The van der Waals surface area contributed by atoms with Crippen LogP contribution in [-0.4, -0.2) is 29.2 Å². The lowest BCUT2D eigenvalue weighted by molar-refractivity contribution is -0.140. The standard InChI is InChI=1S/C22H23BrN2O3/c1-10-11(2)17(6-5-16(10)23)24-18(26)7-8-25-21(27)19-12-3-4-13(15-9-14(12)15)20(19)22(25)28/h3-6,12-15,19-20H,7-9H2,1-2H3,(H,24,26)/t12-,13-,14-,15-,19-,20+/m0/s1. The fourth-order valence-electron chi connectivity index (χ4n) is 5.59. The first-order chi connectivity index (χ1) is 13.4. The maximum absolute atomic E-state index is 12.9. The van der Waals surface area contributed by atoms with Crippen molar-refractivity contribution in [2.75, 3.05) is 11.9 Å². The Kier molecular flexibility index (Phi) is 4.06. The molecule has 0 aromatic heterocycles. The number of hydrogen-bond donors (Lipinski definition) is 1. The van der Waals surface area contributed by atoms with Gasteiger partial charge in [0.05, 0.1) is 11.8 Å². The minimum atomic E-state index is -0.189. The summed E-state index contributed by atoms with van der Waals surface area (Å²) in [5.41, 5.74) is 2.85. The number of carbonyl (C=O) groups is 3. The van der Waals surface area contributed by atoms with E-state index in [4.69, 9.17) is 0 Å². The van der Waals surface area contributed by atoms with Crippen molar-refractivity contribution < 1.29 is 14.4 Å². The summed E-state index contributed by atoms with van der Waals surface area (Å²) in [6, 6.07) is 3.77. The molecule has 1 heterocycles. The molecule has 28 heavy (non-hydrogen) atoms. The predicted octanol–water partition coefficient (Wildman–Crippen LogP) is 3.45. The number of benzene rings is 1. The molecule has 146 valence electrons. The smallest absolute Gasteiger partial charge is 0.233 e. The molecule has 0 radical (unpaired) electrons. The van der Waals surface area contributed by atoms with Crippen molar-refractivity contribution in [2.24, 2.45) is 35.5 Å². The van der Waals surface area contributed by atoms with Crippen molar-refractivity contribution in [3.05, 3.63) is 39.9 Å². The average Bonchev–Trinajstić information content (AvgIpc) is 3.46. The lowest BCUT2D eigenvalue weighted by Gasteiger charge is -2.37. The topological polar surface area (TPSA) is 66.5 Å². The zero-order chi connectivity index (χ0) is 19.7. The van der Waals surface area contributed by atoms with E-state index in [1.54, 1.807) is 0 Å². The van der Waals surface area contributed by atoms with Gasteiger partial charge in [-0.15, -0.1) is 0 Å². The van der Waals surface area contributed by atoms with Crippen molar-refractivity contribution in [2.45, 2.75) is 26.7 Å². The van der Waals surface area contributed by atoms with E-state index < -0.39 is 0 Å². The molecule has 6 rings (SSSR count). The first kappa shape index (κ1) is 18.1. The quantitative estimate of drug-likeness (QED) is 0.573. The SMILES string of the molecule is Cc1c(Br)ccc(NC(=O)CCN2C(=O)[C@@H]3[C@H]4C=C[C@@H]([C@@H]5C[C@@H]45)[C@@H]3C2=O)c1C. The van der Waals surface area contributed by atoms with Crippen LogP contribution in [0.15, 0.2) is 28.8 Å². The molecule has 1 aromatic carbocycles. The largest absolute Gasteiger partial charge is 0.326 e. The summed E-state index contributed by atoms with van der Waals surface area (Å²) in [6.07, 6.45) is 5.62. The summed E-state index contributed by atoms with van der Waals surface area (Å²) >= 11 is 3.49. The number of rotatable bonds is 4. The molecule has 0 spiro atoms. The predicted molar refractivity (Wildman–Crippen MR) is 108 cm³/mol. The molecule has 3 amide bonds. The zero-order valence-corrected chi connectivity index (χ0v) is 17.5. The molecule has 6 atom stereocenters. The molecular formula is C22H23BrN2O3. The third-order valence-corrected chi connectivity index (χ3v) is 8.17. The number of likely N-dealkylation sites (tertiary alicyclic amines) is 1. The number of nitrogens with one attached hydrogen (secondary N) is 1. The van der Waals surface area contributed by atoms with Gasteiger partial charge in [0.1, 0.15) is 0 Å². The molecule has 3 fully saturated rings. The summed E-state index contributed by atoms with van der Waals surface area (Å²) in [6.45, 7) is 4.12. The van der Waals surface area contributed by atoms with Gasteiger partial charge in [-0.25, -0.2) is 0 Å². The van der Waals surface area contributed by atoms with Crippen LogP contribution in [0.4, 0.5) is 5.69 Å². The Morgan fingerprint density at radius 3 is 2.29 bits per heavy atom. The van der Waals surface area contributed by atoms with E-state index in [9.17, 15) is 14.4 Å². The van der Waals surface area contributed by atoms with Crippen LogP contribution in [0, 0.1) is 49.4 Å². The summed E-state index contributed by atoms with van der Waals surface area (Å²) in [5, 5.41) is 2.92. The second-order valence-corrected chi connectivity index (χ2v) is 9.48. The van der Waals surface area contributed by atoms with Gasteiger partial charge in [0.2, 0.25) is 17.7 Å². The third kappa shape index (κ3) is 2.53. The highest BCUT2D eigenvalue weighted by molar-refractivity contribution is 9.10. The van der Waals surface area contributed by atoms with Crippen LogP contribution in [0.1, 0.15) is 24.0 Å². The van der Waals surface area contributed by atoms with Gasteiger partial charge in [-0.3, -0.25) is 19.3 Å². The van der Waals surface area contributed by atoms with Gasteiger partial charge < -0.3 is 5.32 Å². The van der Waals surface area contributed by atoms with Gasteiger partial charge >= 0.3 is 0 Å². The fourth-order valence-corrected chi connectivity index (χ4v) is 6.02. The number of halogens is 1. The number of hydrogen-bond acceptors (Lipinski definition) is 3. The minimum absolute atomic E-state index is 0.0665. The van der Waals surface area contributed by atoms with Gasteiger partial charge in [-0.05, 0) is 67.2 Å². The number of imide groups is 1. The molecule has 1 aromatic rings. The molecule has 2 bridgehead atoms. The molecule has 5 aliphatic rings. The van der Waals surface area contributed by atoms with E-state index in [1.807, 2.05) is 26.0 Å². The Bertz CT molecular complexity index is 904. The van der Waals surface area contributed by atoms with Crippen LogP contribution >= 0.6 is 15.9 Å². The van der Waals surface area contributed by atoms with Gasteiger partial charge in [-0.1, -0.05) is 28.1 Å². The molecular weight excluding hydrogens is 420 g/mol. The first-order valence-electron chi connectivity index (χ1n) is 9.97. The third-order valence-electron chi connectivity index (χ3n) is 7.31. The van der Waals surface area contributed by atoms with E-state index >= 15 is 0 Å². The van der Waals surface area contributed by atoms with Crippen LogP contribution in [0.2, 0.25) is 0 Å². The number of carbonyl (C=O) groups excluding carboxylic acids is 3. The van der Waals surface area contributed by atoms with E-state index in [2.05, 4.69) is 33.4 Å². The van der Waals surface area contributed by atoms with Crippen LogP contribution in [0.3, 0.4) is 0 Å². The molecule has 5 nitrogen and oxygen atoms in total. The van der Waals surface area contributed by atoms with Gasteiger partial charge in [0, 0.05) is 23.1 Å². The highest BCUT2D eigenvalue weighted by Gasteiger charge is 2.66. The first-order valence-corrected chi connectivity index (χ1v) is 10.8. The van der Waals surface area contributed by atoms with Crippen molar-refractivity contribution in [3.63, 3.8) is 0 Å². The monoisotopic (exact) mass is 442 g/mol. The van der Waals surface area contributed by atoms with Crippen LogP contribution < -0.4 is 5.32 Å². The Morgan fingerprint density at radius 1 is 1.07 bits per heavy atom. The van der Waals surface area contributed by atoms with Gasteiger partial charge in [0.25, 0.3) is 0 Å². The number of nitrogens with zero attached hydrogens (tertiary/aromatic N) is 1. The van der Waals surface area contributed by atoms with E-state index in [0.717, 1.165) is 27.7 Å². The molecule has 4 aliphatic carbocycles. The molecule has 2 saturated carbocycles. The highest BCUT2D eigenvalue weighted by Crippen LogP contribution is 2.65. The minimum Gasteiger partial charge on any atom is -0.326 e. The van der Waals surface area contributed by atoms with E-state index in [1.165, 1.54) is 4.90 Å². The zero-order valence-electron chi connectivity index (χ0n) is 15.9. The summed E-state index contributed by atoms with van der Waals surface area (Å²) < 4.78 is 1.00. The van der Waals surface area contributed by atoms with Crippen molar-refractivity contribution in [1.29, 1.82) is 0 Å². The Labute approximate surface area is 172 Å². The highest BCUT2D eigenvalue weighted by atomic mass is 79.9. The van der Waals surface area contributed by atoms with E-state index in [0.29, 0.717) is 11.8 Å². The maximum Gasteiger partial charge on any atom is 0.233 e. The number of amides is 3. The van der Waals surface area contributed by atoms with Gasteiger partial charge in [-0.2, -0.15) is 0 Å².